The van der Waals surface area contributed by atoms with Crippen LogP contribution >= 0.6 is 0 Å². The molecule has 2 aromatic carbocycles. The normalized spacial score (nSPS) is 21.8. The van der Waals surface area contributed by atoms with Crippen molar-refractivity contribution in [3.8, 4) is 0 Å². The van der Waals surface area contributed by atoms with E-state index >= 15 is 0 Å². The number of piperidine rings is 1. The molecule has 1 N–H and O–H groups in total. The second-order valence-electron chi connectivity index (χ2n) is 10.8. The average molecular weight is 470 g/mol. The van der Waals surface area contributed by atoms with Crippen LogP contribution in [0.2, 0.25) is 0 Å². The first kappa shape index (κ1) is 23.5. The lowest BCUT2D eigenvalue weighted by Gasteiger charge is -2.43. The standard InChI is InChI=1S/C30H35N3O2/c1-30(2,32-28(34)14-11-21-7-4-3-5-8-21)29(35)33-25-12-13-26(33)19-22(18-25)17-24-10-6-9-23-15-16-31-20-27(23)24/h3-10,15-16,20,22,25-26H,11-14,17-19H2,1-2H3,(H,32,34)/t25-,26-/m0/s1. The molecule has 2 aliphatic heterocycles. The zero-order valence-corrected chi connectivity index (χ0v) is 20.7. The number of carbonyl (C=O) groups is 2. The second-order valence-corrected chi connectivity index (χ2v) is 10.8. The number of hydrogen-bond acceptors (Lipinski definition) is 3. The molecule has 182 valence electrons. The maximum Gasteiger partial charge on any atom is 0.248 e. The van der Waals surface area contributed by atoms with Crippen molar-refractivity contribution in [1.29, 1.82) is 0 Å². The van der Waals surface area contributed by atoms with Crippen LogP contribution in [0.5, 0.6) is 0 Å². The average Bonchev–Trinajstić information content (AvgIpc) is 3.12. The Morgan fingerprint density at radius 3 is 2.49 bits per heavy atom. The number of benzene rings is 2. The highest BCUT2D eigenvalue weighted by Gasteiger charge is 2.47. The molecule has 2 fully saturated rings. The Morgan fingerprint density at radius 2 is 1.74 bits per heavy atom. The summed E-state index contributed by atoms with van der Waals surface area (Å²) >= 11 is 0. The molecule has 2 saturated heterocycles. The molecule has 2 aliphatic rings. The third-order valence-corrected chi connectivity index (χ3v) is 7.82. The topological polar surface area (TPSA) is 62.3 Å². The van der Waals surface area contributed by atoms with Gasteiger partial charge in [0, 0.05) is 36.3 Å². The van der Waals surface area contributed by atoms with Crippen LogP contribution in [0.3, 0.4) is 0 Å². The highest BCUT2D eigenvalue weighted by molar-refractivity contribution is 5.91. The summed E-state index contributed by atoms with van der Waals surface area (Å²) in [6.07, 6.45) is 10.1. The fraction of sp³-hybridized carbons (Fsp3) is 0.433. The molecule has 1 aromatic heterocycles. The molecular weight excluding hydrogens is 434 g/mol. The lowest BCUT2D eigenvalue weighted by molar-refractivity contribution is -0.145. The van der Waals surface area contributed by atoms with Crippen molar-refractivity contribution in [1.82, 2.24) is 15.2 Å². The Labute approximate surface area is 207 Å². The van der Waals surface area contributed by atoms with Crippen LogP contribution in [0.1, 0.15) is 57.1 Å². The van der Waals surface area contributed by atoms with Gasteiger partial charge in [-0.25, -0.2) is 0 Å². The van der Waals surface area contributed by atoms with Gasteiger partial charge in [-0.05, 0) is 80.9 Å². The molecule has 0 unspecified atom stereocenters. The van der Waals surface area contributed by atoms with Gasteiger partial charge in [0.1, 0.15) is 5.54 Å². The smallest absolute Gasteiger partial charge is 0.248 e. The SMILES string of the molecule is CC(C)(NC(=O)CCc1ccccc1)C(=O)N1[C@H]2CC[C@H]1CC(Cc1cccc3ccncc13)C2. The lowest BCUT2D eigenvalue weighted by atomic mass is 9.84. The number of nitrogens with one attached hydrogen (secondary N) is 1. The molecule has 2 amide bonds. The van der Waals surface area contributed by atoms with Crippen LogP contribution in [-0.2, 0) is 22.4 Å². The Kier molecular flexibility index (Phi) is 6.59. The fourth-order valence-electron chi connectivity index (χ4n) is 6.14. The third-order valence-electron chi connectivity index (χ3n) is 7.82. The van der Waals surface area contributed by atoms with Crippen LogP contribution in [0.15, 0.2) is 67.0 Å². The second kappa shape index (κ2) is 9.80. The first-order valence-corrected chi connectivity index (χ1v) is 12.9. The predicted octanol–water partition coefficient (Wildman–Crippen LogP) is 5.07. The molecule has 0 aliphatic carbocycles. The number of nitrogens with zero attached hydrogens (tertiary/aromatic N) is 2. The number of pyridine rings is 1. The van der Waals surface area contributed by atoms with E-state index in [2.05, 4.69) is 39.5 Å². The molecule has 0 radical (unpaired) electrons. The summed E-state index contributed by atoms with van der Waals surface area (Å²) in [5.41, 5.74) is 1.59. The number of hydrogen-bond donors (Lipinski definition) is 1. The molecule has 35 heavy (non-hydrogen) atoms. The molecule has 5 nitrogen and oxygen atoms in total. The van der Waals surface area contributed by atoms with E-state index in [-0.39, 0.29) is 23.9 Å². The first-order chi connectivity index (χ1) is 16.9. The van der Waals surface area contributed by atoms with E-state index in [1.165, 1.54) is 16.3 Å². The van der Waals surface area contributed by atoms with Crippen molar-refractivity contribution in [3.63, 3.8) is 0 Å². The number of aryl methyl sites for hydroxylation is 1. The van der Waals surface area contributed by atoms with Gasteiger partial charge >= 0.3 is 0 Å². The Balaban J connectivity index is 1.21. The molecule has 3 aromatic rings. The van der Waals surface area contributed by atoms with Crippen LogP contribution in [0, 0.1) is 5.92 Å². The van der Waals surface area contributed by atoms with Crippen molar-refractivity contribution in [3.05, 3.63) is 78.1 Å². The van der Waals surface area contributed by atoms with E-state index in [9.17, 15) is 9.59 Å². The summed E-state index contributed by atoms with van der Waals surface area (Å²) in [6, 6.07) is 19.1. The van der Waals surface area contributed by atoms with Crippen molar-refractivity contribution >= 4 is 22.6 Å². The minimum atomic E-state index is -0.900. The number of fused-ring (bicyclic) bond motifs is 3. The minimum Gasteiger partial charge on any atom is -0.342 e. The lowest BCUT2D eigenvalue weighted by Crippen LogP contribution is -2.60. The molecule has 2 bridgehead atoms. The van der Waals surface area contributed by atoms with Gasteiger partial charge in [0.25, 0.3) is 0 Å². The van der Waals surface area contributed by atoms with Gasteiger partial charge in [0.2, 0.25) is 11.8 Å². The number of rotatable bonds is 7. The molecule has 3 heterocycles. The van der Waals surface area contributed by atoms with E-state index in [4.69, 9.17) is 0 Å². The minimum absolute atomic E-state index is 0.0610. The van der Waals surface area contributed by atoms with E-state index in [1.54, 1.807) is 0 Å². The van der Waals surface area contributed by atoms with Crippen LogP contribution in [-0.4, -0.2) is 39.3 Å². The third kappa shape index (κ3) is 5.09. The largest absolute Gasteiger partial charge is 0.342 e. The van der Waals surface area contributed by atoms with E-state index < -0.39 is 5.54 Å². The van der Waals surface area contributed by atoms with Crippen LogP contribution in [0.4, 0.5) is 0 Å². The monoisotopic (exact) mass is 469 g/mol. The van der Waals surface area contributed by atoms with E-state index in [0.29, 0.717) is 18.8 Å². The van der Waals surface area contributed by atoms with Gasteiger partial charge in [-0.2, -0.15) is 0 Å². The van der Waals surface area contributed by atoms with Crippen molar-refractivity contribution in [2.75, 3.05) is 0 Å². The molecule has 2 atom stereocenters. The molecule has 0 spiro atoms. The predicted molar refractivity (Wildman–Crippen MR) is 139 cm³/mol. The Morgan fingerprint density at radius 1 is 1.00 bits per heavy atom. The Hall–Kier alpha value is -3.21. The maximum atomic E-state index is 13.6. The molecule has 5 rings (SSSR count). The highest BCUT2D eigenvalue weighted by Crippen LogP contribution is 2.41. The summed E-state index contributed by atoms with van der Waals surface area (Å²) in [5.74, 6) is 0.552. The van der Waals surface area contributed by atoms with Gasteiger partial charge in [-0.3, -0.25) is 14.6 Å². The van der Waals surface area contributed by atoms with Gasteiger partial charge < -0.3 is 10.2 Å². The number of aromatic nitrogens is 1. The molecule has 0 saturated carbocycles. The van der Waals surface area contributed by atoms with Gasteiger partial charge in [-0.1, -0.05) is 48.5 Å². The number of amides is 2. The summed E-state index contributed by atoms with van der Waals surface area (Å²) in [6.45, 7) is 3.70. The van der Waals surface area contributed by atoms with Crippen molar-refractivity contribution < 1.29 is 9.59 Å². The highest BCUT2D eigenvalue weighted by atomic mass is 16.2. The van der Waals surface area contributed by atoms with Crippen molar-refractivity contribution in [2.24, 2.45) is 5.92 Å². The van der Waals surface area contributed by atoms with Crippen LogP contribution < -0.4 is 5.32 Å². The Bertz CT molecular complexity index is 1190. The summed E-state index contributed by atoms with van der Waals surface area (Å²) in [5, 5.41) is 5.50. The van der Waals surface area contributed by atoms with Crippen LogP contribution in [0.25, 0.3) is 10.8 Å². The zero-order valence-electron chi connectivity index (χ0n) is 20.7. The van der Waals surface area contributed by atoms with E-state index in [0.717, 1.165) is 37.7 Å². The number of carbonyl (C=O) groups excluding carboxylic acids is 2. The quantitative estimate of drug-likeness (QED) is 0.525. The van der Waals surface area contributed by atoms with Gasteiger partial charge in [0.15, 0.2) is 0 Å². The fourth-order valence-corrected chi connectivity index (χ4v) is 6.14. The summed E-state index contributed by atoms with van der Waals surface area (Å²) in [4.78, 5) is 32.8. The molecular formula is C30H35N3O2. The first-order valence-electron chi connectivity index (χ1n) is 12.9. The van der Waals surface area contributed by atoms with E-state index in [1.807, 2.05) is 56.6 Å². The summed E-state index contributed by atoms with van der Waals surface area (Å²) in [7, 11) is 0. The zero-order chi connectivity index (χ0) is 24.4. The maximum absolute atomic E-state index is 13.6. The van der Waals surface area contributed by atoms with Gasteiger partial charge in [0.05, 0.1) is 0 Å². The van der Waals surface area contributed by atoms with Crippen molar-refractivity contribution in [2.45, 2.75) is 76.4 Å². The van der Waals surface area contributed by atoms with Gasteiger partial charge in [-0.15, -0.1) is 0 Å². The summed E-state index contributed by atoms with van der Waals surface area (Å²) < 4.78 is 0. The molecule has 5 heteroatoms.